The first-order valence-corrected chi connectivity index (χ1v) is 13.1. The van der Waals surface area contributed by atoms with Crippen molar-refractivity contribution in [3.8, 4) is 11.4 Å². The summed E-state index contributed by atoms with van der Waals surface area (Å²) in [5.41, 5.74) is 0.200. The molecule has 2 aromatic carbocycles. The summed E-state index contributed by atoms with van der Waals surface area (Å²) in [6.07, 6.45) is -0.536. The van der Waals surface area contributed by atoms with Gasteiger partial charge in [-0.05, 0) is 52.0 Å². The SMILES string of the molecule is C[C@@H]1CN(c2cc3c(cc2F)c(=O)c(OC(=O)O)cn3-c2cccc(N3C[C@@H](C)N[C@@H](C)C3)c2F)C[C@H](C)N1. The molecule has 3 aromatic rings. The molecule has 4 atom stereocenters. The molecule has 3 heterocycles. The van der Waals surface area contributed by atoms with Crippen LogP contribution in [0, 0.1) is 11.6 Å². The highest BCUT2D eigenvalue weighted by atomic mass is 19.1. The number of carboxylic acid groups (broad SMARTS) is 1. The van der Waals surface area contributed by atoms with Gasteiger partial charge in [-0.3, -0.25) is 4.79 Å². The van der Waals surface area contributed by atoms with Gasteiger partial charge in [0, 0.05) is 50.3 Å². The number of anilines is 2. The van der Waals surface area contributed by atoms with Crippen LogP contribution in [0.1, 0.15) is 27.7 Å². The van der Waals surface area contributed by atoms with E-state index < -0.39 is 29.0 Å². The molecule has 0 unspecified atom stereocenters. The number of hydrogen-bond donors (Lipinski definition) is 3. The summed E-state index contributed by atoms with van der Waals surface area (Å²) in [7, 11) is 0. The van der Waals surface area contributed by atoms with Crippen LogP contribution < -0.4 is 30.6 Å². The summed E-state index contributed by atoms with van der Waals surface area (Å²) in [6.45, 7) is 10.3. The lowest BCUT2D eigenvalue weighted by atomic mass is 10.1. The number of nitrogens with one attached hydrogen (secondary N) is 2. The van der Waals surface area contributed by atoms with Crippen LogP contribution >= 0.6 is 0 Å². The number of benzene rings is 2. The molecule has 208 valence electrons. The van der Waals surface area contributed by atoms with Crippen LogP contribution in [0.4, 0.5) is 25.0 Å². The zero-order valence-electron chi connectivity index (χ0n) is 22.4. The van der Waals surface area contributed by atoms with Gasteiger partial charge in [-0.25, -0.2) is 13.6 Å². The molecule has 0 bridgehead atoms. The average Bonchev–Trinajstić information content (AvgIpc) is 2.84. The minimum absolute atomic E-state index is 0.0891. The third-order valence-electron chi connectivity index (χ3n) is 7.25. The Morgan fingerprint density at radius 3 is 2.00 bits per heavy atom. The highest BCUT2D eigenvalue weighted by Crippen LogP contribution is 2.32. The van der Waals surface area contributed by atoms with Crippen molar-refractivity contribution in [3.63, 3.8) is 0 Å². The zero-order valence-corrected chi connectivity index (χ0v) is 22.4. The van der Waals surface area contributed by atoms with Crippen molar-refractivity contribution in [2.75, 3.05) is 36.0 Å². The molecule has 9 nitrogen and oxygen atoms in total. The van der Waals surface area contributed by atoms with E-state index in [1.807, 2.05) is 37.5 Å². The number of halogens is 2. The Bertz CT molecular complexity index is 1460. The van der Waals surface area contributed by atoms with E-state index in [0.717, 1.165) is 12.3 Å². The highest BCUT2D eigenvalue weighted by molar-refractivity contribution is 5.86. The van der Waals surface area contributed by atoms with E-state index in [0.29, 0.717) is 31.9 Å². The largest absolute Gasteiger partial charge is 0.511 e. The zero-order chi connectivity index (χ0) is 28.0. The Balaban J connectivity index is 1.71. The van der Waals surface area contributed by atoms with Crippen LogP contribution in [0.2, 0.25) is 0 Å². The number of aromatic nitrogens is 1. The molecule has 2 fully saturated rings. The molecule has 2 aliphatic rings. The number of piperazine rings is 2. The number of hydrogen-bond acceptors (Lipinski definition) is 7. The van der Waals surface area contributed by atoms with Crippen LogP contribution in [0.5, 0.6) is 5.75 Å². The standard InChI is InChI=1S/C28H33F2N5O4/c1-15-10-33(11-16(2)31-15)21-6-5-7-22(26(21)30)35-14-25(39-28(37)38)27(36)19-8-20(29)24(9-23(19)35)34-12-17(3)32-18(4)13-34/h5-9,14-18,31-32H,10-13H2,1-4H3,(H,37,38)/t15-,16+,17-,18+. The second-order valence-corrected chi connectivity index (χ2v) is 10.7. The molecule has 3 N–H and O–H groups in total. The first-order valence-electron chi connectivity index (χ1n) is 13.1. The Hall–Kier alpha value is -3.70. The Labute approximate surface area is 225 Å². The van der Waals surface area contributed by atoms with Crippen molar-refractivity contribution in [1.29, 1.82) is 0 Å². The Morgan fingerprint density at radius 1 is 0.897 bits per heavy atom. The van der Waals surface area contributed by atoms with E-state index in [4.69, 9.17) is 4.74 Å². The molecule has 0 radical (unpaired) electrons. The summed E-state index contributed by atoms with van der Waals surface area (Å²) in [6, 6.07) is 8.06. The van der Waals surface area contributed by atoms with E-state index >= 15 is 8.78 Å². The maximum absolute atomic E-state index is 16.2. The predicted molar refractivity (Wildman–Crippen MR) is 147 cm³/mol. The Morgan fingerprint density at radius 2 is 1.44 bits per heavy atom. The lowest BCUT2D eigenvalue weighted by Crippen LogP contribution is -2.54. The molecule has 2 saturated heterocycles. The number of rotatable bonds is 4. The van der Waals surface area contributed by atoms with Gasteiger partial charge >= 0.3 is 6.16 Å². The maximum atomic E-state index is 16.2. The second-order valence-electron chi connectivity index (χ2n) is 10.7. The van der Waals surface area contributed by atoms with Gasteiger partial charge in [-0.2, -0.15) is 0 Å². The fourth-order valence-corrected chi connectivity index (χ4v) is 5.90. The lowest BCUT2D eigenvalue weighted by molar-refractivity contribution is 0.144. The fraction of sp³-hybridized carbons (Fsp3) is 0.429. The Kier molecular flexibility index (Phi) is 7.21. The highest BCUT2D eigenvalue weighted by Gasteiger charge is 2.27. The van der Waals surface area contributed by atoms with Crippen LogP contribution in [-0.2, 0) is 0 Å². The summed E-state index contributed by atoms with van der Waals surface area (Å²) >= 11 is 0. The maximum Gasteiger partial charge on any atom is 0.511 e. The minimum Gasteiger partial charge on any atom is -0.449 e. The monoisotopic (exact) mass is 541 g/mol. The number of carbonyl (C=O) groups is 1. The summed E-state index contributed by atoms with van der Waals surface area (Å²) in [4.78, 5) is 28.4. The summed E-state index contributed by atoms with van der Waals surface area (Å²) in [5, 5.41) is 15.9. The first-order chi connectivity index (χ1) is 18.5. The van der Waals surface area contributed by atoms with Crippen molar-refractivity contribution in [2.45, 2.75) is 51.9 Å². The quantitative estimate of drug-likeness (QED) is 0.430. The number of pyridine rings is 1. The van der Waals surface area contributed by atoms with E-state index in [1.165, 1.54) is 10.6 Å². The van der Waals surface area contributed by atoms with Crippen molar-refractivity contribution in [2.24, 2.45) is 0 Å². The fourth-order valence-electron chi connectivity index (χ4n) is 5.90. The topological polar surface area (TPSA) is 99.1 Å². The predicted octanol–water partition coefficient (Wildman–Crippen LogP) is 3.70. The van der Waals surface area contributed by atoms with Crippen molar-refractivity contribution < 1.29 is 23.4 Å². The summed E-state index contributed by atoms with van der Waals surface area (Å²) < 4.78 is 37.8. The van der Waals surface area contributed by atoms with Crippen LogP contribution in [0.25, 0.3) is 16.6 Å². The smallest absolute Gasteiger partial charge is 0.449 e. The second kappa shape index (κ2) is 10.5. The van der Waals surface area contributed by atoms with Gasteiger partial charge in [0.25, 0.3) is 0 Å². The molecular weight excluding hydrogens is 508 g/mol. The van der Waals surface area contributed by atoms with Crippen molar-refractivity contribution in [1.82, 2.24) is 15.2 Å². The molecule has 11 heteroatoms. The van der Waals surface area contributed by atoms with Crippen molar-refractivity contribution in [3.05, 3.63) is 58.4 Å². The van der Waals surface area contributed by atoms with E-state index in [2.05, 4.69) is 10.6 Å². The lowest BCUT2D eigenvalue weighted by Gasteiger charge is -2.38. The van der Waals surface area contributed by atoms with E-state index in [1.54, 1.807) is 18.2 Å². The molecule has 1 aromatic heterocycles. The van der Waals surface area contributed by atoms with Gasteiger partial charge in [0.1, 0.15) is 5.82 Å². The number of nitrogens with zero attached hydrogens (tertiary/aromatic N) is 3. The van der Waals surface area contributed by atoms with Gasteiger partial charge in [0.05, 0.1) is 34.2 Å². The molecule has 0 spiro atoms. The molecular formula is C28H33F2N5O4. The third kappa shape index (κ3) is 5.28. The first kappa shape index (κ1) is 26.9. The molecule has 5 rings (SSSR count). The molecule has 0 aliphatic carbocycles. The van der Waals surface area contributed by atoms with Crippen LogP contribution in [-0.4, -0.2) is 66.2 Å². The molecule has 2 aliphatic heterocycles. The van der Waals surface area contributed by atoms with Crippen LogP contribution in [0.15, 0.2) is 41.3 Å². The summed E-state index contributed by atoms with van der Waals surface area (Å²) in [5.74, 6) is -1.71. The van der Waals surface area contributed by atoms with Gasteiger partial charge < -0.3 is 34.8 Å². The van der Waals surface area contributed by atoms with Gasteiger partial charge in [0.15, 0.2) is 11.6 Å². The van der Waals surface area contributed by atoms with E-state index in [-0.39, 0.29) is 46.4 Å². The van der Waals surface area contributed by atoms with Crippen LogP contribution in [0.3, 0.4) is 0 Å². The minimum atomic E-state index is -1.70. The van der Waals surface area contributed by atoms with Gasteiger partial charge in [-0.15, -0.1) is 0 Å². The number of ether oxygens (including phenoxy) is 1. The van der Waals surface area contributed by atoms with E-state index in [9.17, 15) is 14.7 Å². The normalized spacial score (nSPS) is 23.7. The van der Waals surface area contributed by atoms with Gasteiger partial charge in [-0.1, -0.05) is 6.07 Å². The number of fused-ring (bicyclic) bond motifs is 1. The molecule has 0 saturated carbocycles. The average molecular weight is 542 g/mol. The van der Waals surface area contributed by atoms with Crippen molar-refractivity contribution >= 4 is 28.4 Å². The molecule has 39 heavy (non-hydrogen) atoms. The van der Waals surface area contributed by atoms with Gasteiger partial charge in [0.2, 0.25) is 5.43 Å². The molecule has 0 amide bonds. The third-order valence-corrected chi connectivity index (χ3v) is 7.25.